The number of aromatic hydroxyl groups is 1. The number of aliphatic hydroxyl groups is 1. The Morgan fingerprint density at radius 2 is 1.70 bits per heavy atom. The minimum atomic E-state index is -2.72. The number of nitrogens with two attached hydrogens (primary N) is 1. The molecule has 3 aliphatic carbocycles. The van der Waals surface area contributed by atoms with Gasteiger partial charge in [-0.1, -0.05) is 6.92 Å². The van der Waals surface area contributed by atoms with Crippen LogP contribution in [-0.2, 0) is 38.7 Å². The summed E-state index contributed by atoms with van der Waals surface area (Å²) < 4.78 is 0. The number of rotatable bonds is 5. The third-order valence-corrected chi connectivity index (χ3v) is 9.80. The standard InChI is InChI=1S/C29H38N4O7/c1-7-12(2)33-10-15-16(11-33)23(34)19-14(21(15)31(3)4)8-13-9-17-22(32(5)6)25(36)20(28(30)39)27(38)29(17,40)26(37)18(13)24(19)35/h12-13,17-18,20,22,34,40H,7-11H2,1-6H3,(H2,30,39)/t12-,13+,17+,18?,20?,22+,29+/m1/s1. The SMILES string of the molecule is CC[C@@H](C)N1Cc2c(O)c3c(c(N(C)C)c2C1)C[C@H]1C[C@H]2[C@H](N(C)C)C(=O)C(C(N)=O)C(=O)[C@@]2(O)C(=O)C1C3=O. The molecule has 1 aliphatic heterocycles. The van der Waals surface area contributed by atoms with Crippen molar-refractivity contribution in [3.05, 3.63) is 22.3 Å². The molecular weight excluding hydrogens is 516 g/mol. The molecule has 11 heteroatoms. The molecule has 11 nitrogen and oxygen atoms in total. The molecule has 0 saturated heterocycles. The Balaban J connectivity index is 1.66. The highest BCUT2D eigenvalue weighted by atomic mass is 16.3. The van der Waals surface area contributed by atoms with E-state index in [0.29, 0.717) is 24.2 Å². The number of hydrogen-bond donors (Lipinski definition) is 3. The van der Waals surface area contributed by atoms with E-state index in [1.165, 1.54) is 4.90 Å². The molecule has 1 aromatic carbocycles. The lowest BCUT2D eigenvalue weighted by molar-refractivity contribution is -0.181. The summed E-state index contributed by atoms with van der Waals surface area (Å²) in [5.41, 5.74) is 5.80. The van der Waals surface area contributed by atoms with Gasteiger partial charge in [0.15, 0.2) is 34.7 Å². The molecule has 2 saturated carbocycles. The van der Waals surface area contributed by atoms with Gasteiger partial charge in [-0.3, -0.25) is 33.8 Å². The van der Waals surface area contributed by atoms with E-state index in [1.807, 2.05) is 19.0 Å². The van der Waals surface area contributed by atoms with Gasteiger partial charge in [0.2, 0.25) is 5.91 Å². The minimum Gasteiger partial charge on any atom is -0.507 e. The lowest BCUT2D eigenvalue weighted by Crippen LogP contribution is -2.74. The highest BCUT2D eigenvalue weighted by molar-refractivity contribution is 6.32. The molecule has 1 aromatic rings. The fourth-order valence-electron chi connectivity index (χ4n) is 7.74. The molecule has 4 N–H and O–H groups in total. The van der Waals surface area contributed by atoms with E-state index in [0.717, 1.165) is 17.7 Å². The lowest BCUT2D eigenvalue weighted by atomic mass is 9.52. The van der Waals surface area contributed by atoms with Gasteiger partial charge in [0, 0.05) is 50.4 Å². The number of ketones is 4. The summed E-state index contributed by atoms with van der Waals surface area (Å²) in [4.78, 5) is 72.7. The molecule has 0 bridgehead atoms. The summed E-state index contributed by atoms with van der Waals surface area (Å²) in [6.07, 6.45) is 1.20. The Bertz CT molecular complexity index is 1350. The molecule has 0 aromatic heterocycles. The van der Waals surface area contributed by atoms with Crippen LogP contribution in [-0.4, -0.2) is 94.9 Å². The summed E-state index contributed by atoms with van der Waals surface area (Å²) in [6, 6.07) is -0.867. The predicted molar refractivity (Wildman–Crippen MR) is 145 cm³/mol. The van der Waals surface area contributed by atoms with Crippen LogP contribution in [0.4, 0.5) is 5.69 Å². The average molecular weight is 555 g/mol. The zero-order valence-electron chi connectivity index (χ0n) is 23.9. The van der Waals surface area contributed by atoms with Crippen molar-refractivity contribution in [2.75, 3.05) is 33.1 Å². The predicted octanol–water partition coefficient (Wildman–Crippen LogP) is 0.0471. The number of likely N-dealkylation sites (N-methyl/N-ethyl adjacent to an activating group) is 1. The van der Waals surface area contributed by atoms with Crippen LogP contribution < -0.4 is 10.6 Å². The van der Waals surface area contributed by atoms with Crippen molar-refractivity contribution in [1.82, 2.24) is 9.80 Å². The highest BCUT2D eigenvalue weighted by Gasteiger charge is 2.69. The van der Waals surface area contributed by atoms with Gasteiger partial charge in [0.25, 0.3) is 0 Å². The average Bonchev–Trinajstić information content (AvgIpc) is 3.30. The third-order valence-electron chi connectivity index (χ3n) is 9.80. The number of hydrogen-bond acceptors (Lipinski definition) is 10. The molecule has 4 aliphatic rings. The molecule has 0 spiro atoms. The molecular formula is C29H38N4O7. The number of anilines is 1. The number of primary amides is 1. The van der Waals surface area contributed by atoms with Crippen LogP contribution in [0.3, 0.4) is 0 Å². The largest absolute Gasteiger partial charge is 0.507 e. The molecule has 7 atom stereocenters. The number of nitrogens with zero attached hydrogens (tertiary/aromatic N) is 3. The Kier molecular flexibility index (Phi) is 6.71. The third kappa shape index (κ3) is 3.63. The van der Waals surface area contributed by atoms with Gasteiger partial charge < -0.3 is 20.8 Å². The highest BCUT2D eigenvalue weighted by Crippen LogP contribution is 2.54. The molecule has 40 heavy (non-hydrogen) atoms. The van der Waals surface area contributed by atoms with Crippen LogP contribution in [0.5, 0.6) is 5.75 Å². The van der Waals surface area contributed by atoms with E-state index in [4.69, 9.17) is 5.73 Å². The second kappa shape index (κ2) is 9.46. The summed E-state index contributed by atoms with van der Waals surface area (Å²) in [6.45, 7) is 5.27. The molecule has 0 radical (unpaired) electrons. The van der Waals surface area contributed by atoms with E-state index in [1.54, 1.807) is 14.1 Å². The van der Waals surface area contributed by atoms with E-state index < -0.39 is 64.4 Å². The monoisotopic (exact) mass is 554 g/mol. The first-order valence-corrected chi connectivity index (χ1v) is 13.8. The fourth-order valence-corrected chi connectivity index (χ4v) is 7.74. The number of carbonyl (C=O) groups excluding carboxylic acids is 5. The normalized spacial score (nSPS) is 32.5. The topological polar surface area (TPSA) is 162 Å². The van der Waals surface area contributed by atoms with Gasteiger partial charge in [-0.15, -0.1) is 0 Å². The second-order valence-corrected chi connectivity index (χ2v) is 12.4. The molecule has 5 rings (SSSR count). The summed E-state index contributed by atoms with van der Waals surface area (Å²) in [5, 5.41) is 23.2. The van der Waals surface area contributed by atoms with Gasteiger partial charge in [-0.05, 0) is 57.3 Å². The summed E-state index contributed by atoms with van der Waals surface area (Å²) >= 11 is 0. The van der Waals surface area contributed by atoms with Crippen molar-refractivity contribution < 1.29 is 34.2 Å². The van der Waals surface area contributed by atoms with E-state index in [9.17, 15) is 34.2 Å². The van der Waals surface area contributed by atoms with Crippen LogP contribution in [0.25, 0.3) is 0 Å². The van der Waals surface area contributed by atoms with E-state index in [2.05, 4.69) is 18.7 Å². The Morgan fingerprint density at radius 3 is 2.25 bits per heavy atom. The van der Waals surface area contributed by atoms with Crippen molar-refractivity contribution in [3.63, 3.8) is 0 Å². The fraction of sp³-hybridized carbons (Fsp3) is 0.621. The minimum absolute atomic E-state index is 0.0353. The number of carbonyl (C=O) groups is 5. The number of phenolic OH excluding ortho intramolecular Hbond substituents is 1. The van der Waals surface area contributed by atoms with Gasteiger partial charge in [-0.2, -0.15) is 0 Å². The Hall–Kier alpha value is -3.15. The number of amides is 1. The number of phenols is 1. The second-order valence-electron chi connectivity index (χ2n) is 12.4. The van der Waals surface area contributed by atoms with Crippen LogP contribution in [0.2, 0.25) is 0 Å². The lowest BCUT2D eigenvalue weighted by Gasteiger charge is -2.52. The number of Topliss-reactive ketones (excluding diaryl/α,β-unsaturated/α-hetero) is 4. The van der Waals surface area contributed by atoms with Gasteiger partial charge in [0.1, 0.15) is 5.75 Å². The van der Waals surface area contributed by atoms with Crippen LogP contribution in [0.15, 0.2) is 0 Å². The van der Waals surface area contributed by atoms with Crippen molar-refractivity contribution in [1.29, 1.82) is 0 Å². The molecule has 1 heterocycles. The van der Waals surface area contributed by atoms with Crippen molar-refractivity contribution in [3.8, 4) is 5.75 Å². The smallest absolute Gasteiger partial charge is 0.235 e. The van der Waals surface area contributed by atoms with Gasteiger partial charge >= 0.3 is 0 Å². The number of fused-ring (bicyclic) bond motifs is 4. The molecule has 1 amide bonds. The number of benzene rings is 1. The first-order valence-electron chi connectivity index (χ1n) is 13.8. The quantitative estimate of drug-likeness (QED) is 0.424. The zero-order chi connectivity index (χ0) is 29.6. The maximum atomic E-state index is 14.1. The van der Waals surface area contributed by atoms with Crippen molar-refractivity contribution in [2.45, 2.75) is 63.9 Å². The van der Waals surface area contributed by atoms with Gasteiger partial charge in [0.05, 0.1) is 17.5 Å². The van der Waals surface area contributed by atoms with E-state index in [-0.39, 0.29) is 30.2 Å². The van der Waals surface area contributed by atoms with Crippen LogP contribution in [0.1, 0.15) is 53.7 Å². The van der Waals surface area contributed by atoms with Crippen molar-refractivity contribution in [2.24, 2.45) is 29.4 Å². The van der Waals surface area contributed by atoms with Gasteiger partial charge in [-0.25, -0.2) is 0 Å². The molecule has 2 fully saturated rings. The summed E-state index contributed by atoms with van der Waals surface area (Å²) in [5.74, 6) is -10.2. The maximum Gasteiger partial charge on any atom is 0.235 e. The first-order chi connectivity index (χ1) is 18.7. The first kappa shape index (κ1) is 28.4. The maximum absolute atomic E-state index is 14.1. The van der Waals surface area contributed by atoms with Crippen LogP contribution >= 0.6 is 0 Å². The molecule has 2 unspecified atom stereocenters. The van der Waals surface area contributed by atoms with Crippen LogP contribution in [0, 0.1) is 23.7 Å². The van der Waals surface area contributed by atoms with E-state index >= 15 is 0 Å². The Morgan fingerprint density at radius 1 is 1.07 bits per heavy atom. The molecule has 216 valence electrons. The summed E-state index contributed by atoms with van der Waals surface area (Å²) in [7, 11) is 6.90. The zero-order valence-corrected chi connectivity index (χ0v) is 23.9. The Labute approximate surface area is 233 Å². The van der Waals surface area contributed by atoms with Crippen molar-refractivity contribution >= 4 is 34.7 Å².